The minimum atomic E-state index is 0.571. The number of aromatic nitrogens is 5. The first-order valence-corrected chi connectivity index (χ1v) is 9.99. The molecule has 2 aromatic carbocycles. The molecule has 5 aromatic rings. The van der Waals surface area contributed by atoms with E-state index in [2.05, 4.69) is 27.4 Å². The zero-order valence-corrected chi connectivity index (χ0v) is 17.5. The van der Waals surface area contributed by atoms with E-state index in [4.69, 9.17) is 14.5 Å². The topological polar surface area (TPSA) is 78.5 Å². The first-order chi connectivity index (χ1) is 15.2. The van der Waals surface area contributed by atoms with Crippen LogP contribution in [0, 0.1) is 0 Å². The monoisotopic (exact) mass is 414 g/mol. The maximum absolute atomic E-state index is 5.61. The maximum Gasteiger partial charge on any atom is 0.180 e. The fourth-order valence-corrected chi connectivity index (χ4v) is 3.61. The summed E-state index contributed by atoms with van der Waals surface area (Å²) in [5.74, 6) is 2.00. The van der Waals surface area contributed by atoms with Crippen LogP contribution in [0.3, 0.4) is 0 Å². The summed E-state index contributed by atoms with van der Waals surface area (Å²) in [5.41, 5.74) is 5.36. The highest BCUT2D eigenvalue weighted by Gasteiger charge is 2.12. The van der Waals surface area contributed by atoms with Gasteiger partial charge in [0.25, 0.3) is 0 Å². The number of hydrogen-bond acceptors (Lipinski definition) is 6. The molecule has 0 fully saturated rings. The van der Waals surface area contributed by atoms with Gasteiger partial charge in [-0.05, 0) is 31.2 Å². The Morgan fingerprint density at radius 2 is 1.97 bits per heavy atom. The molecule has 0 aliphatic rings. The van der Waals surface area contributed by atoms with Gasteiger partial charge in [-0.2, -0.15) is 0 Å². The van der Waals surface area contributed by atoms with Crippen LogP contribution in [0.1, 0.15) is 6.92 Å². The van der Waals surface area contributed by atoms with Gasteiger partial charge < -0.3 is 23.8 Å². The van der Waals surface area contributed by atoms with Crippen LogP contribution in [0.25, 0.3) is 27.9 Å². The normalized spacial score (nSPS) is 11.2. The number of imidazole rings is 2. The number of aryl methyl sites for hydroxylation is 1. The molecule has 31 heavy (non-hydrogen) atoms. The van der Waals surface area contributed by atoms with Gasteiger partial charge in [0.15, 0.2) is 23.0 Å². The van der Waals surface area contributed by atoms with Crippen molar-refractivity contribution in [2.45, 2.75) is 6.92 Å². The SMILES string of the molecule is CCOc1ccc(Nc2nc(-c3ccc4c(c3)ncn4C)cn3ccnc23)cc1OC. The highest BCUT2D eigenvalue weighted by atomic mass is 16.5. The lowest BCUT2D eigenvalue weighted by atomic mass is 10.1. The Morgan fingerprint density at radius 3 is 2.81 bits per heavy atom. The number of methoxy groups -OCH3 is 1. The third-order valence-electron chi connectivity index (χ3n) is 5.12. The van der Waals surface area contributed by atoms with Crippen molar-refractivity contribution in [2.24, 2.45) is 7.05 Å². The molecule has 0 unspecified atom stereocenters. The molecule has 0 aliphatic carbocycles. The molecule has 156 valence electrons. The molecule has 3 aromatic heterocycles. The van der Waals surface area contributed by atoms with Crippen LogP contribution in [0.15, 0.2) is 61.3 Å². The predicted octanol–water partition coefficient (Wildman–Crippen LogP) is 4.43. The summed E-state index contributed by atoms with van der Waals surface area (Å²) in [6, 6.07) is 11.9. The Labute approximate surface area is 179 Å². The maximum atomic E-state index is 5.61. The molecule has 0 bridgehead atoms. The molecule has 0 radical (unpaired) electrons. The summed E-state index contributed by atoms with van der Waals surface area (Å²) in [6.45, 7) is 2.51. The van der Waals surface area contributed by atoms with Gasteiger partial charge in [0.1, 0.15) is 0 Å². The molecular formula is C23H22N6O2. The van der Waals surface area contributed by atoms with E-state index in [-0.39, 0.29) is 0 Å². The molecule has 3 heterocycles. The minimum absolute atomic E-state index is 0.571. The van der Waals surface area contributed by atoms with Crippen LogP contribution in [-0.2, 0) is 7.05 Å². The van der Waals surface area contributed by atoms with Gasteiger partial charge in [0, 0.05) is 43.0 Å². The molecule has 0 saturated heterocycles. The number of ether oxygens (including phenoxy) is 2. The van der Waals surface area contributed by atoms with Gasteiger partial charge in [-0.3, -0.25) is 0 Å². The molecule has 0 amide bonds. The summed E-state index contributed by atoms with van der Waals surface area (Å²) >= 11 is 0. The molecule has 0 aliphatic heterocycles. The zero-order chi connectivity index (χ0) is 21.4. The van der Waals surface area contributed by atoms with E-state index in [9.17, 15) is 0 Å². The second-order valence-electron chi connectivity index (χ2n) is 7.12. The van der Waals surface area contributed by atoms with Gasteiger partial charge >= 0.3 is 0 Å². The third kappa shape index (κ3) is 3.42. The van der Waals surface area contributed by atoms with Crippen LogP contribution in [0.2, 0.25) is 0 Å². The smallest absolute Gasteiger partial charge is 0.180 e. The standard InChI is InChI=1S/C23H22N6O2/c1-4-31-20-8-6-16(12-21(20)30-3)26-22-23-24-9-10-29(23)13-18(27-22)15-5-7-19-17(11-15)25-14-28(19)2/h5-14H,4H2,1-3H3,(H,26,27). The molecule has 8 nitrogen and oxygen atoms in total. The van der Waals surface area contributed by atoms with E-state index in [1.165, 1.54) is 0 Å². The second-order valence-corrected chi connectivity index (χ2v) is 7.12. The fourth-order valence-electron chi connectivity index (χ4n) is 3.61. The van der Waals surface area contributed by atoms with E-state index in [0.717, 1.165) is 33.6 Å². The predicted molar refractivity (Wildman–Crippen MR) is 120 cm³/mol. The number of nitrogens with zero attached hydrogens (tertiary/aromatic N) is 5. The van der Waals surface area contributed by atoms with Gasteiger partial charge in [-0.1, -0.05) is 6.07 Å². The Hall–Kier alpha value is -4.07. The van der Waals surface area contributed by atoms with E-state index < -0.39 is 0 Å². The van der Waals surface area contributed by atoms with E-state index in [1.807, 2.05) is 65.9 Å². The molecule has 0 saturated carbocycles. The summed E-state index contributed by atoms with van der Waals surface area (Å²) < 4.78 is 15.0. The molecule has 0 spiro atoms. The number of fused-ring (bicyclic) bond motifs is 2. The molecule has 8 heteroatoms. The fraction of sp³-hybridized carbons (Fsp3) is 0.174. The third-order valence-corrected chi connectivity index (χ3v) is 5.12. The Kier molecular flexibility index (Phi) is 4.66. The van der Waals surface area contributed by atoms with Crippen LogP contribution < -0.4 is 14.8 Å². The van der Waals surface area contributed by atoms with E-state index in [1.54, 1.807) is 13.3 Å². The Bertz CT molecular complexity index is 1390. The number of anilines is 2. The molecule has 0 atom stereocenters. The van der Waals surface area contributed by atoms with E-state index >= 15 is 0 Å². The Morgan fingerprint density at radius 1 is 1.06 bits per heavy atom. The largest absolute Gasteiger partial charge is 0.493 e. The van der Waals surface area contributed by atoms with Crippen LogP contribution >= 0.6 is 0 Å². The number of nitrogens with one attached hydrogen (secondary N) is 1. The van der Waals surface area contributed by atoms with Crippen molar-refractivity contribution < 1.29 is 9.47 Å². The van der Waals surface area contributed by atoms with Crippen LogP contribution in [0.4, 0.5) is 11.5 Å². The number of benzene rings is 2. The number of hydrogen-bond donors (Lipinski definition) is 1. The number of rotatable bonds is 6. The van der Waals surface area contributed by atoms with Gasteiger partial charge in [-0.25, -0.2) is 15.0 Å². The van der Waals surface area contributed by atoms with Crippen molar-refractivity contribution in [1.82, 2.24) is 23.9 Å². The quantitative estimate of drug-likeness (QED) is 0.443. The van der Waals surface area contributed by atoms with Crippen molar-refractivity contribution in [2.75, 3.05) is 19.0 Å². The van der Waals surface area contributed by atoms with Crippen molar-refractivity contribution in [3.05, 3.63) is 61.3 Å². The van der Waals surface area contributed by atoms with Gasteiger partial charge in [-0.15, -0.1) is 0 Å². The lowest BCUT2D eigenvalue weighted by Gasteiger charge is -2.13. The summed E-state index contributed by atoms with van der Waals surface area (Å²) in [7, 11) is 3.61. The van der Waals surface area contributed by atoms with Crippen molar-refractivity contribution >= 4 is 28.2 Å². The van der Waals surface area contributed by atoms with E-state index in [0.29, 0.717) is 23.9 Å². The zero-order valence-electron chi connectivity index (χ0n) is 17.5. The lowest BCUT2D eigenvalue weighted by Crippen LogP contribution is -2.01. The molecular weight excluding hydrogens is 392 g/mol. The Balaban J connectivity index is 1.56. The van der Waals surface area contributed by atoms with Gasteiger partial charge in [0.05, 0.1) is 36.8 Å². The van der Waals surface area contributed by atoms with Gasteiger partial charge in [0.2, 0.25) is 0 Å². The second kappa shape index (κ2) is 7.64. The summed E-state index contributed by atoms with van der Waals surface area (Å²) in [4.78, 5) is 13.8. The lowest BCUT2D eigenvalue weighted by molar-refractivity contribution is 0.311. The summed E-state index contributed by atoms with van der Waals surface area (Å²) in [6.07, 6.45) is 7.44. The first-order valence-electron chi connectivity index (χ1n) is 9.99. The van der Waals surface area contributed by atoms with Crippen molar-refractivity contribution in [3.63, 3.8) is 0 Å². The van der Waals surface area contributed by atoms with Crippen molar-refractivity contribution in [1.29, 1.82) is 0 Å². The average Bonchev–Trinajstić information content (AvgIpc) is 3.41. The average molecular weight is 414 g/mol. The summed E-state index contributed by atoms with van der Waals surface area (Å²) in [5, 5.41) is 3.38. The molecule has 1 N–H and O–H groups in total. The van der Waals surface area contributed by atoms with Crippen LogP contribution in [0.5, 0.6) is 11.5 Å². The highest BCUT2D eigenvalue weighted by Crippen LogP contribution is 2.32. The van der Waals surface area contributed by atoms with Crippen molar-refractivity contribution in [3.8, 4) is 22.8 Å². The molecule has 5 rings (SSSR count). The first kappa shape index (κ1) is 18.9. The highest BCUT2D eigenvalue weighted by molar-refractivity contribution is 5.82. The minimum Gasteiger partial charge on any atom is -0.493 e. The van der Waals surface area contributed by atoms with Crippen LogP contribution in [-0.4, -0.2) is 37.6 Å².